The molecule has 0 spiro atoms. The third kappa shape index (κ3) is 4.09. The first-order valence-corrected chi connectivity index (χ1v) is 6.35. The van der Waals surface area contributed by atoms with E-state index >= 15 is 0 Å². The standard InChI is InChI=1S/C12H23NO2/c1(3-12-4-2-7-15-12)6-13-9-11-5-8-14-10-11/h11-13H,1-10H2. The van der Waals surface area contributed by atoms with Crippen molar-refractivity contribution in [3.05, 3.63) is 0 Å². The Kier molecular flexibility index (Phi) is 4.90. The fourth-order valence-electron chi connectivity index (χ4n) is 2.38. The SMILES string of the molecule is C(CNCC1CCOC1)CC1CCCO1. The van der Waals surface area contributed by atoms with E-state index in [-0.39, 0.29) is 0 Å². The topological polar surface area (TPSA) is 30.5 Å². The summed E-state index contributed by atoms with van der Waals surface area (Å²) in [5.41, 5.74) is 0. The molecule has 88 valence electrons. The normalized spacial score (nSPS) is 31.2. The Hall–Kier alpha value is -0.120. The van der Waals surface area contributed by atoms with Gasteiger partial charge in [-0.05, 0) is 44.6 Å². The van der Waals surface area contributed by atoms with Gasteiger partial charge in [-0.25, -0.2) is 0 Å². The van der Waals surface area contributed by atoms with E-state index in [4.69, 9.17) is 9.47 Å². The van der Waals surface area contributed by atoms with Gasteiger partial charge < -0.3 is 14.8 Å². The minimum absolute atomic E-state index is 0.557. The van der Waals surface area contributed by atoms with Gasteiger partial charge in [0.25, 0.3) is 0 Å². The van der Waals surface area contributed by atoms with Crippen molar-refractivity contribution in [2.24, 2.45) is 5.92 Å². The van der Waals surface area contributed by atoms with Crippen LogP contribution in [0, 0.1) is 5.92 Å². The lowest BCUT2D eigenvalue weighted by Crippen LogP contribution is -2.24. The molecule has 2 unspecified atom stereocenters. The van der Waals surface area contributed by atoms with Gasteiger partial charge in [0.05, 0.1) is 12.7 Å². The molecular formula is C12H23NO2. The van der Waals surface area contributed by atoms with E-state index in [1.165, 1.54) is 32.1 Å². The van der Waals surface area contributed by atoms with Crippen LogP contribution in [-0.2, 0) is 9.47 Å². The third-order valence-corrected chi connectivity index (χ3v) is 3.36. The quantitative estimate of drug-likeness (QED) is 0.679. The molecule has 2 aliphatic rings. The molecule has 3 heteroatoms. The van der Waals surface area contributed by atoms with Crippen LogP contribution < -0.4 is 5.32 Å². The first-order chi connectivity index (χ1) is 7.45. The molecule has 15 heavy (non-hydrogen) atoms. The number of nitrogens with one attached hydrogen (secondary N) is 1. The summed E-state index contributed by atoms with van der Waals surface area (Å²) in [4.78, 5) is 0. The highest BCUT2D eigenvalue weighted by Gasteiger charge is 2.16. The predicted molar refractivity (Wildman–Crippen MR) is 60.0 cm³/mol. The van der Waals surface area contributed by atoms with E-state index in [1.54, 1.807) is 0 Å². The van der Waals surface area contributed by atoms with Gasteiger partial charge in [0.15, 0.2) is 0 Å². The van der Waals surface area contributed by atoms with Crippen LogP contribution in [0.15, 0.2) is 0 Å². The average Bonchev–Trinajstić information content (AvgIpc) is 2.88. The van der Waals surface area contributed by atoms with Crippen molar-refractivity contribution in [1.82, 2.24) is 5.32 Å². The van der Waals surface area contributed by atoms with Gasteiger partial charge in [0.1, 0.15) is 0 Å². The Morgan fingerprint density at radius 1 is 1.20 bits per heavy atom. The fourth-order valence-corrected chi connectivity index (χ4v) is 2.38. The molecule has 0 amide bonds. The first kappa shape index (κ1) is 11.4. The van der Waals surface area contributed by atoms with Gasteiger partial charge in [-0.1, -0.05) is 0 Å². The number of hydrogen-bond donors (Lipinski definition) is 1. The molecular weight excluding hydrogens is 190 g/mol. The van der Waals surface area contributed by atoms with Gasteiger partial charge in [-0.2, -0.15) is 0 Å². The van der Waals surface area contributed by atoms with Crippen LogP contribution in [0.3, 0.4) is 0 Å². The Morgan fingerprint density at radius 2 is 2.20 bits per heavy atom. The summed E-state index contributed by atoms with van der Waals surface area (Å²) in [5.74, 6) is 0.757. The zero-order valence-corrected chi connectivity index (χ0v) is 9.54. The van der Waals surface area contributed by atoms with E-state index in [0.717, 1.165) is 38.8 Å². The van der Waals surface area contributed by atoms with Crippen LogP contribution >= 0.6 is 0 Å². The zero-order chi connectivity index (χ0) is 10.3. The van der Waals surface area contributed by atoms with Crippen LogP contribution in [0.25, 0.3) is 0 Å². The van der Waals surface area contributed by atoms with Gasteiger partial charge in [-0.15, -0.1) is 0 Å². The highest BCUT2D eigenvalue weighted by molar-refractivity contribution is 4.68. The number of hydrogen-bond acceptors (Lipinski definition) is 3. The maximum Gasteiger partial charge on any atom is 0.0576 e. The zero-order valence-electron chi connectivity index (χ0n) is 9.54. The minimum atomic E-state index is 0.557. The predicted octanol–water partition coefficient (Wildman–Crippen LogP) is 1.57. The van der Waals surface area contributed by atoms with E-state index in [2.05, 4.69) is 5.32 Å². The largest absolute Gasteiger partial charge is 0.381 e. The monoisotopic (exact) mass is 213 g/mol. The molecule has 2 fully saturated rings. The summed E-state index contributed by atoms with van der Waals surface area (Å²) in [5, 5.41) is 3.52. The van der Waals surface area contributed by atoms with E-state index in [1.807, 2.05) is 0 Å². The van der Waals surface area contributed by atoms with Crippen molar-refractivity contribution in [2.45, 2.75) is 38.2 Å². The van der Waals surface area contributed by atoms with Crippen molar-refractivity contribution in [3.8, 4) is 0 Å². The van der Waals surface area contributed by atoms with Crippen molar-refractivity contribution < 1.29 is 9.47 Å². The maximum atomic E-state index is 5.59. The molecule has 0 saturated carbocycles. The molecule has 0 aromatic heterocycles. The second-order valence-corrected chi connectivity index (χ2v) is 4.71. The lowest BCUT2D eigenvalue weighted by molar-refractivity contribution is 0.102. The smallest absolute Gasteiger partial charge is 0.0576 e. The molecule has 2 saturated heterocycles. The fraction of sp³-hybridized carbons (Fsp3) is 1.00. The molecule has 0 aromatic rings. The first-order valence-electron chi connectivity index (χ1n) is 6.35. The highest BCUT2D eigenvalue weighted by Crippen LogP contribution is 2.16. The summed E-state index contributed by atoms with van der Waals surface area (Å²) < 4.78 is 10.9. The van der Waals surface area contributed by atoms with Gasteiger partial charge in [-0.3, -0.25) is 0 Å². The summed E-state index contributed by atoms with van der Waals surface area (Å²) in [7, 11) is 0. The van der Waals surface area contributed by atoms with Gasteiger partial charge in [0, 0.05) is 19.8 Å². The summed E-state index contributed by atoms with van der Waals surface area (Å²) in [6.07, 6.45) is 6.81. The Bertz CT molecular complexity index is 145. The van der Waals surface area contributed by atoms with Crippen LogP contribution in [-0.4, -0.2) is 39.0 Å². The van der Waals surface area contributed by atoms with E-state index in [9.17, 15) is 0 Å². The molecule has 2 heterocycles. The Morgan fingerprint density at radius 3 is 2.93 bits per heavy atom. The van der Waals surface area contributed by atoms with Crippen molar-refractivity contribution in [1.29, 1.82) is 0 Å². The molecule has 0 aromatic carbocycles. The number of ether oxygens (including phenoxy) is 2. The lowest BCUT2D eigenvalue weighted by atomic mass is 10.1. The van der Waals surface area contributed by atoms with Crippen LogP contribution in [0.1, 0.15) is 32.1 Å². The van der Waals surface area contributed by atoms with Gasteiger partial charge in [0.2, 0.25) is 0 Å². The molecule has 0 radical (unpaired) electrons. The van der Waals surface area contributed by atoms with Crippen LogP contribution in [0.2, 0.25) is 0 Å². The second kappa shape index (κ2) is 6.46. The maximum absolute atomic E-state index is 5.59. The molecule has 2 aliphatic heterocycles. The summed E-state index contributed by atoms with van der Waals surface area (Å²) in [6.45, 7) is 5.17. The van der Waals surface area contributed by atoms with Crippen molar-refractivity contribution in [3.63, 3.8) is 0 Å². The average molecular weight is 213 g/mol. The molecule has 2 atom stereocenters. The number of rotatable bonds is 6. The van der Waals surface area contributed by atoms with Gasteiger partial charge >= 0.3 is 0 Å². The second-order valence-electron chi connectivity index (χ2n) is 4.71. The third-order valence-electron chi connectivity index (χ3n) is 3.36. The minimum Gasteiger partial charge on any atom is -0.381 e. The molecule has 0 aliphatic carbocycles. The molecule has 0 bridgehead atoms. The Balaban J connectivity index is 1.41. The van der Waals surface area contributed by atoms with E-state index < -0.39 is 0 Å². The Labute approximate surface area is 92.5 Å². The van der Waals surface area contributed by atoms with Crippen molar-refractivity contribution >= 4 is 0 Å². The summed E-state index contributed by atoms with van der Waals surface area (Å²) in [6, 6.07) is 0. The van der Waals surface area contributed by atoms with Crippen LogP contribution in [0.5, 0.6) is 0 Å². The molecule has 3 nitrogen and oxygen atoms in total. The lowest BCUT2D eigenvalue weighted by Gasteiger charge is -2.11. The molecule has 2 rings (SSSR count). The highest BCUT2D eigenvalue weighted by atomic mass is 16.5. The summed E-state index contributed by atoms with van der Waals surface area (Å²) >= 11 is 0. The van der Waals surface area contributed by atoms with E-state index in [0.29, 0.717) is 6.10 Å². The van der Waals surface area contributed by atoms with Crippen molar-refractivity contribution in [2.75, 3.05) is 32.9 Å². The molecule has 1 N–H and O–H groups in total. The van der Waals surface area contributed by atoms with Crippen LogP contribution in [0.4, 0.5) is 0 Å².